The van der Waals surface area contributed by atoms with Crippen LogP contribution in [0.4, 0.5) is 0 Å². The Bertz CT molecular complexity index is 491. The monoisotopic (exact) mass is 312 g/mol. The number of rotatable bonds is 10. The second kappa shape index (κ2) is 9.21. The summed E-state index contributed by atoms with van der Waals surface area (Å²) in [7, 11) is -4.09. The first-order valence-electron chi connectivity index (χ1n) is 8.06. The maximum atomic E-state index is 11.1. The Morgan fingerprint density at radius 2 is 1.48 bits per heavy atom. The molecule has 21 heavy (non-hydrogen) atoms. The van der Waals surface area contributed by atoms with Crippen molar-refractivity contribution in [1.29, 1.82) is 0 Å². The molecule has 1 aromatic carbocycles. The molecule has 1 aromatic rings. The molecule has 0 aliphatic heterocycles. The normalized spacial score (nSPS) is 13.3. The zero-order valence-corrected chi connectivity index (χ0v) is 14.0. The third kappa shape index (κ3) is 6.62. The van der Waals surface area contributed by atoms with E-state index in [1.54, 1.807) is 0 Å². The van der Waals surface area contributed by atoms with Gasteiger partial charge in [0.25, 0.3) is 10.1 Å². The van der Waals surface area contributed by atoms with Crippen molar-refractivity contribution >= 4 is 10.1 Å². The Balaban J connectivity index is 2.72. The molecular weight excluding hydrogens is 284 g/mol. The quantitative estimate of drug-likeness (QED) is 0.478. The van der Waals surface area contributed by atoms with Crippen molar-refractivity contribution in [1.82, 2.24) is 0 Å². The minimum atomic E-state index is -4.09. The van der Waals surface area contributed by atoms with Crippen LogP contribution in [0, 0.1) is 0 Å². The van der Waals surface area contributed by atoms with Gasteiger partial charge in [-0.1, -0.05) is 64.5 Å². The third-order valence-corrected chi connectivity index (χ3v) is 4.83. The predicted octanol–water partition coefficient (Wildman–Crippen LogP) is 5.18. The van der Waals surface area contributed by atoms with Crippen molar-refractivity contribution in [2.75, 3.05) is 0 Å². The predicted molar refractivity (Wildman–Crippen MR) is 87.3 cm³/mol. The summed E-state index contributed by atoms with van der Waals surface area (Å²) in [5, 5.41) is 0. The minimum absolute atomic E-state index is 0.0218. The summed E-state index contributed by atoms with van der Waals surface area (Å²) in [5.74, 6) is 0.497. The average Bonchev–Trinajstić information content (AvgIpc) is 2.46. The molecule has 0 fully saturated rings. The molecular formula is C17H28O3S. The Morgan fingerprint density at radius 3 is 2.00 bits per heavy atom. The molecule has 1 N–H and O–H groups in total. The summed E-state index contributed by atoms with van der Waals surface area (Å²) >= 11 is 0. The van der Waals surface area contributed by atoms with Crippen molar-refractivity contribution in [3.63, 3.8) is 0 Å². The standard InChI is InChI=1S/C17H28O3S/c1-3-5-7-8-10-15(9-6-4-2)16-11-13-17(14-12-16)21(18,19)20/h11-15H,3-10H2,1-2H3,(H,18,19,20). The van der Waals surface area contributed by atoms with E-state index in [1.807, 2.05) is 12.1 Å². The van der Waals surface area contributed by atoms with E-state index in [0.717, 1.165) is 12.8 Å². The maximum absolute atomic E-state index is 11.1. The first-order chi connectivity index (χ1) is 9.99. The molecule has 0 bridgehead atoms. The fourth-order valence-corrected chi connectivity index (χ4v) is 3.14. The van der Waals surface area contributed by atoms with E-state index >= 15 is 0 Å². The van der Waals surface area contributed by atoms with Crippen LogP contribution in [0.5, 0.6) is 0 Å². The summed E-state index contributed by atoms with van der Waals surface area (Å²) in [6.07, 6.45) is 9.68. The number of unbranched alkanes of at least 4 members (excludes halogenated alkanes) is 4. The van der Waals surface area contributed by atoms with Crippen LogP contribution in [0.3, 0.4) is 0 Å². The van der Waals surface area contributed by atoms with Crippen LogP contribution in [-0.4, -0.2) is 13.0 Å². The summed E-state index contributed by atoms with van der Waals surface area (Å²) in [4.78, 5) is -0.0218. The highest BCUT2D eigenvalue weighted by molar-refractivity contribution is 7.85. The van der Waals surface area contributed by atoms with E-state index in [9.17, 15) is 8.42 Å². The van der Waals surface area contributed by atoms with Crippen LogP contribution in [0.1, 0.15) is 76.7 Å². The van der Waals surface area contributed by atoms with Gasteiger partial charge in [0.1, 0.15) is 0 Å². The van der Waals surface area contributed by atoms with E-state index in [2.05, 4.69) is 13.8 Å². The van der Waals surface area contributed by atoms with Crippen LogP contribution in [-0.2, 0) is 10.1 Å². The molecule has 0 spiro atoms. The van der Waals surface area contributed by atoms with Gasteiger partial charge in [0.05, 0.1) is 4.90 Å². The highest BCUT2D eigenvalue weighted by Gasteiger charge is 2.13. The number of benzene rings is 1. The molecule has 0 heterocycles. The van der Waals surface area contributed by atoms with E-state index in [4.69, 9.17) is 4.55 Å². The van der Waals surface area contributed by atoms with Gasteiger partial charge in [-0.25, -0.2) is 0 Å². The summed E-state index contributed by atoms with van der Waals surface area (Å²) < 4.78 is 31.2. The van der Waals surface area contributed by atoms with Crippen molar-refractivity contribution in [3.8, 4) is 0 Å². The molecule has 120 valence electrons. The zero-order chi connectivity index (χ0) is 15.7. The van der Waals surface area contributed by atoms with Crippen molar-refractivity contribution in [2.24, 2.45) is 0 Å². The van der Waals surface area contributed by atoms with Crippen LogP contribution in [0.25, 0.3) is 0 Å². The third-order valence-electron chi connectivity index (χ3n) is 3.96. The largest absolute Gasteiger partial charge is 0.294 e. The van der Waals surface area contributed by atoms with Gasteiger partial charge in [-0.2, -0.15) is 8.42 Å². The lowest BCUT2D eigenvalue weighted by atomic mass is 9.89. The van der Waals surface area contributed by atoms with Crippen LogP contribution < -0.4 is 0 Å². The zero-order valence-electron chi connectivity index (χ0n) is 13.2. The van der Waals surface area contributed by atoms with Crippen molar-refractivity contribution in [3.05, 3.63) is 29.8 Å². The minimum Gasteiger partial charge on any atom is -0.282 e. The Hall–Kier alpha value is -0.870. The summed E-state index contributed by atoms with van der Waals surface area (Å²) in [5.41, 5.74) is 1.19. The molecule has 0 aromatic heterocycles. The van der Waals surface area contributed by atoms with Crippen molar-refractivity contribution in [2.45, 2.75) is 76.0 Å². The van der Waals surface area contributed by atoms with Gasteiger partial charge in [-0.3, -0.25) is 4.55 Å². The fourth-order valence-electron chi connectivity index (χ4n) is 2.66. The van der Waals surface area contributed by atoms with E-state index < -0.39 is 10.1 Å². The van der Waals surface area contributed by atoms with Crippen molar-refractivity contribution < 1.29 is 13.0 Å². The Kier molecular flexibility index (Phi) is 7.97. The van der Waals surface area contributed by atoms with Gasteiger partial charge >= 0.3 is 0 Å². The molecule has 1 unspecified atom stereocenters. The van der Waals surface area contributed by atoms with Gasteiger partial charge in [0.2, 0.25) is 0 Å². The first kappa shape index (κ1) is 18.2. The van der Waals surface area contributed by atoms with E-state index in [-0.39, 0.29) is 4.90 Å². The van der Waals surface area contributed by atoms with Crippen LogP contribution in [0.2, 0.25) is 0 Å². The molecule has 0 amide bonds. The van der Waals surface area contributed by atoms with Gasteiger partial charge in [-0.05, 0) is 36.5 Å². The van der Waals surface area contributed by atoms with Gasteiger partial charge < -0.3 is 0 Å². The maximum Gasteiger partial charge on any atom is 0.294 e. The second-order valence-corrected chi connectivity index (χ2v) is 7.15. The smallest absolute Gasteiger partial charge is 0.282 e. The molecule has 3 nitrogen and oxygen atoms in total. The molecule has 0 radical (unpaired) electrons. The average molecular weight is 312 g/mol. The first-order valence-corrected chi connectivity index (χ1v) is 9.50. The Morgan fingerprint density at radius 1 is 0.905 bits per heavy atom. The second-order valence-electron chi connectivity index (χ2n) is 5.73. The van der Waals surface area contributed by atoms with Gasteiger partial charge in [0, 0.05) is 0 Å². The fraction of sp³-hybridized carbons (Fsp3) is 0.647. The lowest BCUT2D eigenvalue weighted by Crippen LogP contribution is -2.02. The summed E-state index contributed by atoms with van der Waals surface area (Å²) in [6.45, 7) is 4.40. The molecule has 0 aliphatic carbocycles. The highest BCUT2D eigenvalue weighted by atomic mass is 32.2. The number of hydrogen-bond donors (Lipinski definition) is 1. The van der Waals surface area contributed by atoms with E-state index in [1.165, 1.54) is 56.2 Å². The number of hydrogen-bond acceptors (Lipinski definition) is 2. The van der Waals surface area contributed by atoms with E-state index in [0.29, 0.717) is 5.92 Å². The molecule has 0 saturated carbocycles. The van der Waals surface area contributed by atoms with Crippen LogP contribution >= 0.6 is 0 Å². The van der Waals surface area contributed by atoms with Gasteiger partial charge in [-0.15, -0.1) is 0 Å². The topological polar surface area (TPSA) is 54.4 Å². The molecule has 4 heteroatoms. The molecule has 1 rings (SSSR count). The SMILES string of the molecule is CCCCCCC(CCCC)c1ccc(S(=O)(=O)O)cc1. The Labute approximate surface area is 129 Å². The van der Waals surface area contributed by atoms with Gasteiger partial charge in [0.15, 0.2) is 0 Å². The van der Waals surface area contributed by atoms with Crippen LogP contribution in [0.15, 0.2) is 29.2 Å². The molecule has 1 atom stereocenters. The molecule has 0 saturated heterocycles. The molecule has 0 aliphatic rings. The lowest BCUT2D eigenvalue weighted by Gasteiger charge is -2.17. The highest BCUT2D eigenvalue weighted by Crippen LogP contribution is 2.28. The lowest BCUT2D eigenvalue weighted by molar-refractivity contribution is 0.482. The summed E-state index contributed by atoms with van der Waals surface area (Å²) in [6, 6.07) is 6.72.